The van der Waals surface area contributed by atoms with Crippen LogP contribution in [-0.2, 0) is 9.53 Å². The van der Waals surface area contributed by atoms with Crippen LogP contribution in [-0.4, -0.2) is 18.1 Å². The Bertz CT molecular complexity index is 65.3. The first-order chi connectivity index (χ1) is 2.77. The summed E-state index contributed by atoms with van der Waals surface area (Å²) >= 11 is 0. The van der Waals surface area contributed by atoms with Crippen molar-refractivity contribution in [1.29, 1.82) is 0 Å². The second-order valence-electron chi connectivity index (χ2n) is 0.925. The van der Waals surface area contributed by atoms with Crippen molar-refractivity contribution in [2.75, 3.05) is 6.61 Å². The molecule has 0 saturated heterocycles. The molecule has 0 aliphatic carbocycles. The zero-order chi connectivity index (χ0) is 4.99. The molecule has 0 aromatic rings. The average molecular weight is 186 g/mol. The third-order valence-electron chi connectivity index (χ3n) is 0.348. The van der Waals surface area contributed by atoms with Crippen molar-refractivity contribution in [2.45, 2.75) is 13.8 Å². The van der Waals surface area contributed by atoms with Crippen LogP contribution in [0.4, 0.5) is 0 Å². The normalized spacial score (nSPS) is 5.11. The number of carbonyl (C=O) groups excluding carboxylic acids is 1. The molecule has 0 saturated carbocycles. The molecule has 0 rings (SSSR count). The molecule has 0 atom stereocenters. The first-order valence-corrected chi connectivity index (χ1v) is 1.90. The minimum absolute atomic E-state index is 0. The first kappa shape index (κ1) is 22.6. The third-order valence-corrected chi connectivity index (χ3v) is 0.348. The molecule has 0 amide bonds. The smallest absolute Gasteiger partial charge is 1.00 e. The number of hydrogen-bond donors (Lipinski definition) is 0. The second-order valence-corrected chi connectivity index (χ2v) is 0.925. The van der Waals surface area contributed by atoms with Gasteiger partial charge in [0, 0.05) is 6.92 Å². The molecule has 5 heteroatoms. The summed E-state index contributed by atoms with van der Waals surface area (Å²) in [6.07, 6.45) is 0. The molecule has 0 fully saturated rings. The van der Waals surface area contributed by atoms with Crippen molar-refractivity contribution in [1.82, 2.24) is 0 Å². The SMILES string of the molecule is CCOC(C)=O.O.[H-].[H-].[K+].[K+]. The Morgan fingerprint density at radius 3 is 1.89 bits per heavy atom. The van der Waals surface area contributed by atoms with Gasteiger partial charge in [-0.2, -0.15) is 0 Å². The Kier molecular flexibility index (Phi) is 42.6. The van der Waals surface area contributed by atoms with E-state index in [9.17, 15) is 4.79 Å². The average Bonchev–Trinajstić information content (AvgIpc) is 1.35. The van der Waals surface area contributed by atoms with E-state index in [-0.39, 0.29) is 117 Å². The molecule has 0 heterocycles. The van der Waals surface area contributed by atoms with Crippen molar-refractivity contribution in [3.05, 3.63) is 0 Å². The van der Waals surface area contributed by atoms with Gasteiger partial charge in [-0.15, -0.1) is 0 Å². The van der Waals surface area contributed by atoms with Crippen molar-refractivity contribution < 1.29 is 121 Å². The van der Waals surface area contributed by atoms with Gasteiger partial charge < -0.3 is 13.1 Å². The number of hydrogen-bond acceptors (Lipinski definition) is 2. The molecule has 0 aliphatic rings. The summed E-state index contributed by atoms with van der Waals surface area (Å²) in [4.78, 5) is 9.82. The molecule has 9 heavy (non-hydrogen) atoms. The van der Waals surface area contributed by atoms with Crippen molar-refractivity contribution in [3.8, 4) is 0 Å². The van der Waals surface area contributed by atoms with E-state index < -0.39 is 0 Å². The summed E-state index contributed by atoms with van der Waals surface area (Å²) in [5, 5.41) is 0. The van der Waals surface area contributed by atoms with Gasteiger partial charge in [-0.1, -0.05) is 0 Å². The molecule has 0 aromatic carbocycles. The fraction of sp³-hybridized carbons (Fsp3) is 0.750. The van der Waals surface area contributed by atoms with Crippen LogP contribution in [0.1, 0.15) is 16.7 Å². The minimum atomic E-state index is -0.211. The number of rotatable bonds is 1. The van der Waals surface area contributed by atoms with Crippen LogP contribution >= 0.6 is 0 Å². The Hall–Kier alpha value is 2.70. The summed E-state index contributed by atoms with van der Waals surface area (Å²) in [5.74, 6) is -0.211. The molecule has 2 N–H and O–H groups in total. The van der Waals surface area contributed by atoms with E-state index in [2.05, 4.69) is 4.74 Å². The van der Waals surface area contributed by atoms with Gasteiger partial charge in [0.05, 0.1) is 6.61 Å². The fourth-order valence-corrected chi connectivity index (χ4v) is 0.203. The van der Waals surface area contributed by atoms with Crippen LogP contribution in [0.3, 0.4) is 0 Å². The molecule has 0 spiro atoms. The van der Waals surface area contributed by atoms with Gasteiger partial charge >= 0.3 is 109 Å². The molecule has 0 bridgehead atoms. The number of esters is 1. The van der Waals surface area contributed by atoms with Gasteiger partial charge in [-0.25, -0.2) is 0 Å². The molecule has 48 valence electrons. The van der Waals surface area contributed by atoms with Crippen LogP contribution in [0.25, 0.3) is 0 Å². The summed E-state index contributed by atoms with van der Waals surface area (Å²) in [5.41, 5.74) is 0. The van der Waals surface area contributed by atoms with Gasteiger partial charge in [0.15, 0.2) is 0 Å². The topological polar surface area (TPSA) is 57.8 Å². The van der Waals surface area contributed by atoms with E-state index in [4.69, 9.17) is 0 Å². The molecule has 0 radical (unpaired) electrons. The van der Waals surface area contributed by atoms with Gasteiger partial charge in [-0.05, 0) is 6.92 Å². The Morgan fingerprint density at radius 2 is 1.89 bits per heavy atom. The molecular weight excluding hydrogens is 174 g/mol. The maximum Gasteiger partial charge on any atom is 1.00 e. The predicted molar refractivity (Wildman–Crippen MR) is 28.1 cm³/mol. The largest absolute Gasteiger partial charge is 1.00 e. The monoisotopic (exact) mass is 186 g/mol. The molecular formula is C4H12K2O3. The molecule has 3 nitrogen and oxygen atoms in total. The van der Waals surface area contributed by atoms with E-state index in [0.717, 1.165) is 0 Å². The van der Waals surface area contributed by atoms with Gasteiger partial charge in [0.25, 0.3) is 0 Å². The standard InChI is InChI=1S/C4H8O2.2K.H2O.2H/c1-3-6-4(2)5;;;;;/h3H2,1-2H3;;;1H2;;/q;2*+1;;2*-1. The van der Waals surface area contributed by atoms with Crippen LogP contribution < -0.4 is 103 Å². The van der Waals surface area contributed by atoms with Crippen molar-refractivity contribution in [3.63, 3.8) is 0 Å². The third kappa shape index (κ3) is 24.9. The van der Waals surface area contributed by atoms with E-state index >= 15 is 0 Å². The summed E-state index contributed by atoms with van der Waals surface area (Å²) in [7, 11) is 0. The zero-order valence-electron chi connectivity index (χ0n) is 8.52. The Morgan fingerprint density at radius 1 is 1.56 bits per heavy atom. The Balaban J connectivity index is -0.0000000125. The number of ether oxygens (including phenoxy) is 1. The van der Waals surface area contributed by atoms with Gasteiger partial charge in [0.1, 0.15) is 0 Å². The zero-order valence-corrected chi connectivity index (χ0v) is 12.8. The quantitative estimate of drug-likeness (QED) is 0.302. The number of carbonyl (C=O) groups is 1. The molecule has 0 aromatic heterocycles. The van der Waals surface area contributed by atoms with E-state index in [1.807, 2.05) is 0 Å². The Labute approximate surface area is 143 Å². The van der Waals surface area contributed by atoms with E-state index in [0.29, 0.717) is 6.61 Å². The minimum Gasteiger partial charge on any atom is -1.00 e. The van der Waals surface area contributed by atoms with Crippen LogP contribution in [0, 0.1) is 0 Å². The summed E-state index contributed by atoms with van der Waals surface area (Å²) < 4.78 is 4.40. The predicted octanol–water partition coefficient (Wildman–Crippen LogP) is -6.02. The van der Waals surface area contributed by atoms with E-state index in [1.54, 1.807) is 6.92 Å². The van der Waals surface area contributed by atoms with Gasteiger partial charge in [0.2, 0.25) is 0 Å². The van der Waals surface area contributed by atoms with Crippen LogP contribution in [0.5, 0.6) is 0 Å². The van der Waals surface area contributed by atoms with E-state index in [1.165, 1.54) is 6.92 Å². The second kappa shape index (κ2) is 17.0. The van der Waals surface area contributed by atoms with Gasteiger partial charge in [-0.3, -0.25) is 4.79 Å². The molecule has 0 unspecified atom stereocenters. The first-order valence-electron chi connectivity index (χ1n) is 1.90. The summed E-state index contributed by atoms with van der Waals surface area (Å²) in [6, 6.07) is 0. The fourth-order valence-electron chi connectivity index (χ4n) is 0.203. The van der Waals surface area contributed by atoms with Crippen LogP contribution in [0.15, 0.2) is 0 Å². The van der Waals surface area contributed by atoms with Crippen molar-refractivity contribution in [2.24, 2.45) is 0 Å². The van der Waals surface area contributed by atoms with Crippen molar-refractivity contribution >= 4 is 5.97 Å². The maximum atomic E-state index is 9.82. The van der Waals surface area contributed by atoms with Crippen LogP contribution in [0.2, 0.25) is 0 Å². The summed E-state index contributed by atoms with van der Waals surface area (Å²) in [6.45, 7) is 3.65. The maximum absolute atomic E-state index is 9.82. The molecule has 0 aliphatic heterocycles.